The predicted molar refractivity (Wildman–Crippen MR) is 118 cm³/mol. The lowest BCUT2D eigenvalue weighted by Gasteiger charge is -2.27. The number of rotatable bonds is 8. The molecular formula is C25H26F4N2O3. The maximum absolute atomic E-state index is 14.5. The molecule has 1 aliphatic carbocycles. The number of fused-ring (bicyclic) bond motifs is 3. The normalized spacial score (nSPS) is 17.2. The number of carbonyl (C=O) groups excluding carboxylic acids is 3. The molecule has 0 saturated carbocycles. The van der Waals surface area contributed by atoms with E-state index in [1.54, 1.807) is 37.3 Å². The summed E-state index contributed by atoms with van der Waals surface area (Å²) in [6, 6.07) is 9.88. The number of hydrogen-bond donors (Lipinski definition) is 2. The molecule has 5 nitrogen and oxygen atoms in total. The molecule has 3 atom stereocenters. The fourth-order valence-corrected chi connectivity index (χ4v) is 4.53. The molecule has 0 radical (unpaired) electrons. The molecule has 182 valence electrons. The van der Waals surface area contributed by atoms with E-state index >= 15 is 0 Å². The highest BCUT2D eigenvalue weighted by atomic mass is 19.4. The molecule has 1 aliphatic rings. The molecule has 0 bridgehead atoms. The number of halogens is 4. The fourth-order valence-electron chi connectivity index (χ4n) is 4.53. The van der Waals surface area contributed by atoms with E-state index in [4.69, 9.17) is 5.73 Å². The Bertz CT molecular complexity index is 1080. The molecule has 0 spiro atoms. The van der Waals surface area contributed by atoms with Crippen molar-refractivity contribution in [3.05, 3.63) is 59.4 Å². The smallest absolute Gasteiger partial charge is 0.369 e. The van der Waals surface area contributed by atoms with E-state index in [0.29, 0.717) is 23.1 Å². The first-order valence-electron chi connectivity index (χ1n) is 11.1. The van der Waals surface area contributed by atoms with Gasteiger partial charge in [0.1, 0.15) is 11.9 Å². The van der Waals surface area contributed by atoms with Crippen LogP contribution in [0.1, 0.15) is 49.8 Å². The second-order valence-corrected chi connectivity index (χ2v) is 8.50. The molecule has 34 heavy (non-hydrogen) atoms. The minimum absolute atomic E-state index is 0.136. The fraction of sp³-hybridized carbons (Fsp3) is 0.400. The highest BCUT2D eigenvalue weighted by molar-refractivity contribution is 5.97. The number of benzene rings is 2. The zero-order valence-electron chi connectivity index (χ0n) is 18.6. The van der Waals surface area contributed by atoms with Gasteiger partial charge in [-0.25, -0.2) is 4.39 Å². The minimum Gasteiger partial charge on any atom is -0.369 e. The molecule has 2 amide bonds. The van der Waals surface area contributed by atoms with Crippen molar-refractivity contribution in [1.82, 2.24) is 5.32 Å². The maximum atomic E-state index is 14.5. The van der Waals surface area contributed by atoms with Crippen LogP contribution >= 0.6 is 0 Å². The highest BCUT2D eigenvalue weighted by Gasteiger charge is 2.39. The molecule has 0 aliphatic heterocycles. The summed E-state index contributed by atoms with van der Waals surface area (Å²) in [5.74, 6) is -5.27. The SMILES string of the molecule is CCC[C@H](C(N)=O)[C@@H](CCC(F)(F)F)C(=O)N[C@@H]1C(=O)Cc2c(F)cccc2-c2ccccc21. The first-order chi connectivity index (χ1) is 16.0. The molecule has 0 fully saturated rings. The van der Waals surface area contributed by atoms with E-state index < -0.39 is 60.3 Å². The molecule has 0 unspecified atom stereocenters. The van der Waals surface area contributed by atoms with E-state index in [9.17, 15) is 31.9 Å². The summed E-state index contributed by atoms with van der Waals surface area (Å²) >= 11 is 0. The third-order valence-corrected chi connectivity index (χ3v) is 6.17. The molecule has 0 heterocycles. The van der Waals surface area contributed by atoms with Gasteiger partial charge in [-0.1, -0.05) is 49.7 Å². The van der Waals surface area contributed by atoms with E-state index in [1.165, 1.54) is 12.1 Å². The average Bonchev–Trinajstić information content (AvgIpc) is 2.88. The van der Waals surface area contributed by atoms with Gasteiger partial charge < -0.3 is 11.1 Å². The van der Waals surface area contributed by atoms with Gasteiger partial charge in [0, 0.05) is 30.2 Å². The molecule has 0 saturated heterocycles. The summed E-state index contributed by atoms with van der Waals surface area (Å²) in [6.07, 6.45) is -6.18. The predicted octanol–water partition coefficient (Wildman–Crippen LogP) is 4.64. The summed E-state index contributed by atoms with van der Waals surface area (Å²) in [5.41, 5.74) is 7.07. The number of nitrogens with one attached hydrogen (secondary N) is 1. The third kappa shape index (κ3) is 5.63. The molecule has 2 aromatic carbocycles. The van der Waals surface area contributed by atoms with E-state index in [1.807, 2.05) is 0 Å². The van der Waals surface area contributed by atoms with Crippen LogP contribution in [-0.4, -0.2) is 23.8 Å². The largest absolute Gasteiger partial charge is 0.389 e. The minimum atomic E-state index is -4.53. The van der Waals surface area contributed by atoms with Gasteiger partial charge >= 0.3 is 6.18 Å². The van der Waals surface area contributed by atoms with Crippen LogP contribution in [0.15, 0.2) is 42.5 Å². The summed E-state index contributed by atoms with van der Waals surface area (Å²) in [5, 5.41) is 2.56. The number of alkyl halides is 3. The number of hydrogen-bond acceptors (Lipinski definition) is 3. The summed E-state index contributed by atoms with van der Waals surface area (Å²) < 4.78 is 53.4. The van der Waals surface area contributed by atoms with Crippen LogP contribution in [0.5, 0.6) is 0 Å². The number of nitrogens with two attached hydrogens (primary N) is 1. The van der Waals surface area contributed by atoms with E-state index in [0.717, 1.165) is 0 Å². The Morgan fingerprint density at radius 2 is 1.74 bits per heavy atom. The van der Waals surface area contributed by atoms with Gasteiger partial charge in [-0.05, 0) is 35.6 Å². The van der Waals surface area contributed by atoms with Gasteiger partial charge in [0.2, 0.25) is 11.8 Å². The van der Waals surface area contributed by atoms with Crippen molar-refractivity contribution >= 4 is 17.6 Å². The van der Waals surface area contributed by atoms with Gasteiger partial charge in [-0.2, -0.15) is 13.2 Å². The van der Waals surface area contributed by atoms with E-state index in [-0.39, 0.29) is 18.4 Å². The molecule has 9 heteroatoms. The highest BCUT2D eigenvalue weighted by Crippen LogP contribution is 2.37. The second kappa shape index (κ2) is 10.4. The molecule has 0 aromatic heterocycles. The Kier molecular flexibility index (Phi) is 7.74. The number of Topliss-reactive ketones (excluding diaryl/α,β-unsaturated/α-hetero) is 1. The van der Waals surface area contributed by atoms with Gasteiger partial charge in [-0.15, -0.1) is 0 Å². The molecular weight excluding hydrogens is 452 g/mol. The summed E-state index contributed by atoms with van der Waals surface area (Å²) in [4.78, 5) is 38.4. The number of primary amides is 1. The van der Waals surface area contributed by atoms with Crippen LogP contribution in [0, 0.1) is 17.7 Å². The number of ketones is 1. The van der Waals surface area contributed by atoms with Gasteiger partial charge in [0.15, 0.2) is 5.78 Å². The van der Waals surface area contributed by atoms with Crippen molar-refractivity contribution in [2.45, 2.75) is 51.2 Å². The van der Waals surface area contributed by atoms with Crippen LogP contribution in [0.4, 0.5) is 17.6 Å². The lowest BCUT2D eigenvalue weighted by molar-refractivity contribution is -0.146. The Morgan fingerprint density at radius 3 is 2.38 bits per heavy atom. The van der Waals surface area contributed by atoms with Crippen LogP contribution in [-0.2, 0) is 20.8 Å². The summed E-state index contributed by atoms with van der Waals surface area (Å²) in [7, 11) is 0. The van der Waals surface area contributed by atoms with Crippen molar-refractivity contribution in [2.24, 2.45) is 17.6 Å². The van der Waals surface area contributed by atoms with Crippen LogP contribution in [0.25, 0.3) is 11.1 Å². The van der Waals surface area contributed by atoms with Crippen LogP contribution in [0.2, 0.25) is 0 Å². The number of carbonyl (C=O) groups is 3. The lowest BCUT2D eigenvalue weighted by Crippen LogP contribution is -2.44. The standard InChI is InChI=1S/C25H26F4N2O3/c1-2-6-17(23(30)33)18(11-12-25(27,28)29)24(34)31-22-16-8-4-3-7-14(16)15-9-5-10-20(26)19(15)13-21(22)32/h3-5,7-10,17-18,22H,2,6,11-13H2,1H3,(H2,30,33)(H,31,34)/t17-,18+,22-/m0/s1. The molecule has 3 rings (SSSR count). The lowest BCUT2D eigenvalue weighted by atomic mass is 9.83. The van der Waals surface area contributed by atoms with E-state index in [2.05, 4.69) is 5.32 Å². The summed E-state index contributed by atoms with van der Waals surface area (Å²) in [6.45, 7) is 1.73. The first kappa shape index (κ1) is 25.4. The van der Waals surface area contributed by atoms with Crippen molar-refractivity contribution in [3.8, 4) is 11.1 Å². The molecule has 2 aromatic rings. The van der Waals surface area contributed by atoms with Gasteiger partial charge in [-0.3, -0.25) is 14.4 Å². The topological polar surface area (TPSA) is 89.3 Å². The maximum Gasteiger partial charge on any atom is 0.389 e. The second-order valence-electron chi connectivity index (χ2n) is 8.50. The Hall–Kier alpha value is -3.23. The zero-order chi connectivity index (χ0) is 25.0. The third-order valence-electron chi connectivity index (χ3n) is 6.17. The quantitative estimate of drug-likeness (QED) is 0.542. The van der Waals surface area contributed by atoms with Crippen LogP contribution < -0.4 is 11.1 Å². The van der Waals surface area contributed by atoms with Crippen molar-refractivity contribution in [2.75, 3.05) is 0 Å². The van der Waals surface area contributed by atoms with Crippen molar-refractivity contribution in [1.29, 1.82) is 0 Å². The zero-order valence-corrected chi connectivity index (χ0v) is 18.6. The van der Waals surface area contributed by atoms with Crippen molar-refractivity contribution in [3.63, 3.8) is 0 Å². The first-order valence-corrected chi connectivity index (χ1v) is 11.1. The number of amides is 2. The molecule has 3 N–H and O–H groups in total. The Balaban J connectivity index is 1.98. The van der Waals surface area contributed by atoms with Crippen LogP contribution in [0.3, 0.4) is 0 Å². The Morgan fingerprint density at radius 1 is 1.06 bits per heavy atom. The average molecular weight is 478 g/mol. The Labute approximate surface area is 194 Å². The monoisotopic (exact) mass is 478 g/mol. The van der Waals surface area contributed by atoms with Gasteiger partial charge in [0.25, 0.3) is 0 Å². The van der Waals surface area contributed by atoms with Gasteiger partial charge in [0.05, 0.1) is 0 Å². The van der Waals surface area contributed by atoms with Crippen molar-refractivity contribution < 1.29 is 31.9 Å².